The van der Waals surface area contributed by atoms with Crippen molar-refractivity contribution in [1.29, 1.82) is 0 Å². The van der Waals surface area contributed by atoms with Gasteiger partial charge in [0.25, 0.3) is 0 Å². The molecule has 1 fully saturated rings. The number of hydrogen-bond acceptors (Lipinski definition) is 4. The molecule has 3 rings (SSSR count). The van der Waals surface area contributed by atoms with Crippen molar-refractivity contribution in [2.24, 2.45) is 0 Å². The minimum absolute atomic E-state index is 0.221. The molecule has 2 heterocycles. The highest BCUT2D eigenvalue weighted by Crippen LogP contribution is 2.32. The Hall–Kier alpha value is -1.95. The third-order valence-electron chi connectivity index (χ3n) is 5.16. The molecule has 5 nitrogen and oxygen atoms in total. The van der Waals surface area contributed by atoms with Crippen molar-refractivity contribution in [3.8, 4) is 0 Å². The van der Waals surface area contributed by atoms with Crippen molar-refractivity contribution in [3.63, 3.8) is 0 Å². The number of hydrogen-bond donors (Lipinski definition) is 0. The molecule has 6 heteroatoms. The summed E-state index contributed by atoms with van der Waals surface area (Å²) in [6.07, 6.45) is 2.58. The van der Waals surface area contributed by atoms with E-state index in [2.05, 4.69) is 10.1 Å². The highest BCUT2D eigenvalue weighted by molar-refractivity contribution is 5.80. The molecule has 0 bridgehead atoms. The molecule has 0 unspecified atom stereocenters. The predicted molar refractivity (Wildman–Crippen MR) is 94.9 cm³/mol. The maximum Gasteiger partial charge on any atom is 0.222 e. The molecule has 25 heavy (non-hydrogen) atoms. The van der Waals surface area contributed by atoms with Gasteiger partial charge in [-0.3, -0.25) is 4.79 Å². The number of amides is 1. The molecule has 0 aliphatic carbocycles. The van der Waals surface area contributed by atoms with Crippen LogP contribution in [0.4, 0.5) is 4.39 Å². The first kappa shape index (κ1) is 17.9. The fraction of sp³-hybridized carbons (Fsp3) is 0.579. The number of carbonyl (C=O) groups excluding carboxylic acids is 1. The summed E-state index contributed by atoms with van der Waals surface area (Å²) >= 11 is 0. The number of piperidine rings is 1. The number of nitrogens with zero attached hydrogens (tertiary/aromatic N) is 3. The molecule has 0 N–H and O–H groups in total. The minimum Gasteiger partial charge on any atom is -0.356 e. The van der Waals surface area contributed by atoms with Gasteiger partial charge in [-0.15, -0.1) is 0 Å². The highest BCUT2D eigenvalue weighted by atomic mass is 19.1. The Kier molecular flexibility index (Phi) is 5.68. The van der Waals surface area contributed by atoms with E-state index in [9.17, 15) is 9.18 Å². The lowest BCUT2D eigenvalue weighted by Gasteiger charge is -2.32. The summed E-state index contributed by atoms with van der Waals surface area (Å²) in [5, 5.41) is 5.12. The lowest BCUT2D eigenvalue weighted by Crippen LogP contribution is -2.41. The molecule has 1 aromatic carbocycles. The number of carbonyl (C=O) groups is 1. The molecule has 0 saturated carbocycles. The summed E-state index contributed by atoms with van der Waals surface area (Å²) in [6.45, 7) is 8.38. The van der Waals surface area contributed by atoms with Gasteiger partial charge in [0, 0.05) is 43.4 Å². The van der Waals surface area contributed by atoms with Crippen LogP contribution in [0.25, 0.3) is 11.0 Å². The van der Waals surface area contributed by atoms with Crippen molar-refractivity contribution in [3.05, 3.63) is 29.7 Å². The van der Waals surface area contributed by atoms with Crippen LogP contribution >= 0.6 is 0 Å². The topological polar surface area (TPSA) is 49.6 Å². The zero-order valence-electron chi connectivity index (χ0n) is 15.0. The predicted octanol–water partition coefficient (Wildman–Crippen LogP) is 3.40. The van der Waals surface area contributed by atoms with Crippen molar-refractivity contribution < 1.29 is 13.7 Å². The molecular weight excluding hydrogens is 321 g/mol. The Morgan fingerprint density at radius 2 is 2.12 bits per heavy atom. The summed E-state index contributed by atoms with van der Waals surface area (Å²) in [5.41, 5.74) is 1.47. The molecule has 136 valence electrons. The van der Waals surface area contributed by atoms with Crippen LogP contribution < -0.4 is 0 Å². The molecule has 0 radical (unpaired) electrons. The first-order valence-electron chi connectivity index (χ1n) is 9.17. The molecule has 1 saturated heterocycles. The molecule has 0 spiro atoms. The van der Waals surface area contributed by atoms with Gasteiger partial charge < -0.3 is 14.3 Å². The molecule has 1 aliphatic heterocycles. The van der Waals surface area contributed by atoms with Crippen molar-refractivity contribution in [2.45, 2.75) is 39.0 Å². The van der Waals surface area contributed by atoms with Gasteiger partial charge >= 0.3 is 0 Å². The van der Waals surface area contributed by atoms with Crippen LogP contribution in [-0.2, 0) is 4.79 Å². The number of fused-ring (bicyclic) bond motifs is 1. The molecule has 2 aromatic rings. The van der Waals surface area contributed by atoms with Gasteiger partial charge in [0.05, 0.1) is 5.69 Å². The van der Waals surface area contributed by atoms with Gasteiger partial charge in [-0.1, -0.05) is 12.1 Å². The fourth-order valence-corrected chi connectivity index (χ4v) is 3.60. The van der Waals surface area contributed by atoms with Crippen molar-refractivity contribution in [2.75, 3.05) is 32.7 Å². The summed E-state index contributed by atoms with van der Waals surface area (Å²) in [7, 11) is 0. The molecule has 0 atom stereocenters. The molecule has 1 aromatic heterocycles. The summed E-state index contributed by atoms with van der Waals surface area (Å²) in [5.74, 6) is 0.272. The Morgan fingerprint density at radius 1 is 1.36 bits per heavy atom. The maximum absolute atomic E-state index is 13.3. The quantitative estimate of drug-likeness (QED) is 0.803. The van der Waals surface area contributed by atoms with Crippen molar-refractivity contribution >= 4 is 16.9 Å². The SMILES string of the molecule is CCC(=O)N(CC)CCN1CCC(c2noc3cc(F)ccc23)CC1. The minimum atomic E-state index is -0.299. The Balaban J connectivity index is 1.55. The van der Waals surface area contributed by atoms with Crippen LogP contribution in [0.1, 0.15) is 44.7 Å². The summed E-state index contributed by atoms with van der Waals surface area (Å²) in [6, 6.07) is 4.62. The van der Waals surface area contributed by atoms with Crippen LogP contribution in [0.15, 0.2) is 22.7 Å². The van der Waals surface area contributed by atoms with Crippen LogP contribution in [0.3, 0.4) is 0 Å². The average molecular weight is 347 g/mol. The van der Waals surface area contributed by atoms with E-state index >= 15 is 0 Å². The Bertz CT molecular complexity index is 723. The second-order valence-corrected chi connectivity index (χ2v) is 6.65. The van der Waals surface area contributed by atoms with E-state index < -0.39 is 0 Å². The molecule has 1 aliphatic rings. The van der Waals surface area contributed by atoms with E-state index in [4.69, 9.17) is 4.52 Å². The largest absolute Gasteiger partial charge is 0.356 e. The average Bonchev–Trinajstić information content (AvgIpc) is 3.05. The first-order chi connectivity index (χ1) is 12.1. The van der Waals surface area contributed by atoms with Gasteiger partial charge in [-0.2, -0.15) is 0 Å². The second-order valence-electron chi connectivity index (χ2n) is 6.65. The number of benzene rings is 1. The molecule has 1 amide bonds. The maximum atomic E-state index is 13.3. The van der Waals surface area contributed by atoms with Gasteiger partial charge in [-0.05, 0) is 45.0 Å². The monoisotopic (exact) mass is 347 g/mol. The second kappa shape index (κ2) is 7.95. The summed E-state index contributed by atoms with van der Waals surface area (Å²) < 4.78 is 18.6. The highest BCUT2D eigenvalue weighted by Gasteiger charge is 2.25. The van der Waals surface area contributed by atoms with E-state index in [1.54, 1.807) is 6.07 Å². The van der Waals surface area contributed by atoms with Gasteiger partial charge in [0.1, 0.15) is 5.82 Å². The number of halogens is 1. The number of likely N-dealkylation sites (N-methyl/N-ethyl adjacent to an activating group) is 1. The lowest BCUT2D eigenvalue weighted by molar-refractivity contribution is -0.130. The Morgan fingerprint density at radius 3 is 2.80 bits per heavy atom. The van der Waals surface area contributed by atoms with Gasteiger partial charge in [-0.25, -0.2) is 4.39 Å². The fourth-order valence-electron chi connectivity index (χ4n) is 3.60. The van der Waals surface area contributed by atoms with Crippen LogP contribution in [0.2, 0.25) is 0 Å². The van der Waals surface area contributed by atoms with Crippen LogP contribution in [-0.4, -0.2) is 53.6 Å². The van der Waals surface area contributed by atoms with Crippen molar-refractivity contribution in [1.82, 2.24) is 15.0 Å². The van der Waals surface area contributed by atoms with Crippen LogP contribution in [0, 0.1) is 5.82 Å². The number of rotatable bonds is 6. The van der Waals surface area contributed by atoms with E-state index in [0.717, 1.165) is 56.6 Å². The zero-order chi connectivity index (χ0) is 17.8. The van der Waals surface area contributed by atoms with E-state index in [1.165, 1.54) is 12.1 Å². The van der Waals surface area contributed by atoms with E-state index in [-0.39, 0.29) is 11.7 Å². The molecular formula is C19H26FN3O2. The van der Waals surface area contributed by atoms with Gasteiger partial charge in [0.2, 0.25) is 5.91 Å². The Labute approximate surface area is 147 Å². The van der Waals surface area contributed by atoms with E-state index in [1.807, 2.05) is 18.7 Å². The number of aromatic nitrogens is 1. The standard InChI is InChI=1S/C19H26FN3O2/c1-3-18(24)23(4-2)12-11-22-9-7-14(8-10-22)19-16-6-5-15(20)13-17(16)25-21-19/h5-6,13-14H,3-4,7-12H2,1-2H3. The smallest absolute Gasteiger partial charge is 0.222 e. The zero-order valence-corrected chi connectivity index (χ0v) is 15.0. The lowest BCUT2D eigenvalue weighted by atomic mass is 9.91. The van der Waals surface area contributed by atoms with Gasteiger partial charge in [0.15, 0.2) is 5.58 Å². The normalized spacial score (nSPS) is 16.4. The third kappa shape index (κ3) is 4.00. The summed E-state index contributed by atoms with van der Waals surface area (Å²) in [4.78, 5) is 16.2. The first-order valence-corrected chi connectivity index (χ1v) is 9.17. The third-order valence-corrected chi connectivity index (χ3v) is 5.16. The van der Waals surface area contributed by atoms with Crippen LogP contribution in [0.5, 0.6) is 0 Å². The number of likely N-dealkylation sites (tertiary alicyclic amines) is 1. The van der Waals surface area contributed by atoms with E-state index in [0.29, 0.717) is 17.9 Å².